The molecule has 0 unspecified atom stereocenters. The second-order valence-corrected chi connectivity index (χ2v) is 12.1. The number of carbonyl (C=O) groups is 1. The molecule has 9 nitrogen and oxygen atoms in total. The fourth-order valence-corrected chi connectivity index (χ4v) is 5.27. The van der Waals surface area contributed by atoms with E-state index in [0.29, 0.717) is 11.5 Å². The molecule has 0 saturated heterocycles. The number of fused-ring (bicyclic) bond motifs is 2. The van der Waals surface area contributed by atoms with Gasteiger partial charge in [0, 0.05) is 36.9 Å². The number of hydrogen-bond donors (Lipinski definition) is 1. The van der Waals surface area contributed by atoms with Gasteiger partial charge in [-0.25, -0.2) is 4.98 Å². The Kier molecular flexibility index (Phi) is 6.32. The zero-order valence-electron chi connectivity index (χ0n) is 24.1. The molecule has 1 aliphatic rings. The first-order valence-electron chi connectivity index (χ1n) is 13.8. The molecule has 208 valence electrons. The fourth-order valence-electron chi connectivity index (χ4n) is 5.27. The molecule has 3 heterocycles. The van der Waals surface area contributed by atoms with Crippen LogP contribution >= 0.6 is 0 Å². The van der Waals surface area contributed by atoms with E-state index in [9.17, 15) is 4.79 Å². The summed E-state index contributed by atoms with van der Waals surface area (Å²) >= 11 is 0. The standard InChI is InChI=1S/C32H34N8O/c1-20(35-27(31(2,3)4)28(41)39(5)6)21-9-11-22(12-10-21)26-19-34-30-37-36-29(40(30)38-26)32(15-16-32)24-13-14-25-23(18-24)8-7-17-33-25/h7-14,17-19,27,35H,1,15-16H2,2-6H3/t27-/m1/s1. The van der Waals surface area contributed by atoms with Crippen LogP contribution in [0, 0.1) is 5.41 Å². The van der Waals surface area contributed by atoms with Crippen LogP contribution < -0.4 is 5.32 Å². The van der Waals surface area contributed by atoms with Gasteiger partial charge in [-0.2, -0.15) is 9.61 Å². The fraction of sp³-hybridized carbons (Fsp3) is 0.312. The molecule has 9 heteroatoms. The molecule has 1 saturated carbocycles. The summed E-state index contributed by atoms with van der Waals surface area (Å²) in [6, 6.07) is 18.0. The molecule has 1 amide bonds. The zero-order chi connectivity index (χ0) is 28.9. The van der Waals surface area contributed by atoms with Gasteiger partial charge >= 0.3 is 0 Å². The molecule has 6 rings (SSSR count). The van der Waals surface area contributed by atoms with Crippen molar-refractivity contribution < 1.29 is 4.79 Å². The van der Waals surface area contributed by atoms with Gasteiger partial charge in [-0.15, -0.1) is 10.2 Å². The number of benzene rings is 2. The van der Waals surface area contributed by atoms with E-state index in [2.05, 4.69) is 56.3 Å². The van der Waals surface area contributed by atoms with Crippen LogP contribution in [0.1, 0.15) is 50.6 Å². The first-order valence-corrected chi connectivity index (χ1v) is 13.8. The first-order chi connectivity index (χ1) is 19.6. The van der Waals surface area contributed by atoms with Crippen LogP contribution in [-0.4, -0.2) is 60.7 Å². The number of nitrogens with zero attached hydrogens (tertiary/aromatic N) is 7. The Balaban J connectivity index is 1.28. The first kappa shape index (κ1) is 26.6. The number of nitrogens with one attached hydrogen (secondary N) is 1. The maximum Gasteiger partial charge on any atom is 0.271 e. The summed E-state index contributed by atoms with van der Waals surface area (Å²) in [5, 5.41) is 18.3. The molecule has 0 bridgehead atoms. The van der Waals surface area contributed by atoms with Gasteiger partial charge in [-0.1, -0.05) is 63.7 Å². The number of amides is 1. The Morgan fingerprint density at radius 3 is 2.49 bits per heavy atom. The topological polar surface area (TPSA) is 101 Å². The lowest BCUT2D eigenvalue weighted by Gasteiger charge is -2.33. The Morgan fingerprint density at radius 2 is 1.80 bits per heavy atom. The van der Waals surface area contributed by atoms with E-state index in [1.807, 2.05) is 57.3 Å². The highest BCUT2D eigenvalue weighted by molar-refractivity contribution is 5.84. The van der Waals surface area contributed by atoms with Crippen LogP contribution in [0.15, 0.2) is 73.6 Å². The third kappa shape index (κ3) is 4.81. The Labute approximate surface area is 239 Å². The van der Waals surface area contributed by atoms with E-state index in [-0.39, 0.29) is 16.7 Å². The molecule has 3 aromatic heterocycles. The van der Waals surface area contributed by atoms with Crippen LogP contribution in [0.3, 0.4) is 0 Å². The van der Waals surface area contributed by atoms with Gasteiger partial charge in [0.05, 0.1) is 17.1 Å². The molecule has 1 atom stereocenters. The third-order valence-corrected chi connectivity index (χ3v) is 7.87. The molecule has 0 radical (unpaired) electrons. The van der Waals surface area contributed by atoms with Crippen molar-refractivity contribution in [2.75, 3.05) is 14.1 Å². The van der Waals surface area contributed by atoms with Crippen molar-refractivity contribution in [2.45, 2.75) is 45.1 Å². The van der Waals surface area contributed by atoms with E-state index in [0.717, 1.165) is 46.4 Å². The third-order valence-electron chi connectivity index (χ3n) is 7.87. The van der Waals surface area contributed by atoms with Crippen LogP contribution in [0.25, 0.3) is 33.6 Å². The van der Waals surface area contributed by atoms with E-state index >= 15 is 0 Å². The number of aromatic nitrogens is 6. The quantitative estimate of drug-likeness (QED) is 0.311. The summed E-state index contributed by atoms with van der Waals surface area (Å²) in [6.45, 7) is 10.3. The largest absolute Gasteiger partial charge is 0.373 e. The summed E-state index contributed by atoms with van der Waals surface area (Å²) in [5.41, 5.74) is 4.86. The highest BCUT2D eigenvalue weighted by Crippen LogP contribution is 2.53. The van der Waals surface area contributed by atoms with Crippen molar-refractivity contribution in [2.24, 2.45) is 5.41 Å². The van der Waals surface area contributed by atoms with Crippen molar-refractivity contribution in [3.63, 3.8) is 0 Å². The minimum absolute atomic E-state index is 0.0115. The Hall–Kier alpha value is -4.66. The van der Waals surface area contributed by atoms with Gasteiger partial charge in [0.25, 0.3) is 5.78 Å². The number of rotatable bonds is 7. The number of pyridine rings is 1. The lowest BCUT2D eigenvalue weighted by Crippen LogP contribution is -2.50. The SMILES string of the molecule is C=C(N[C@H](C(=O)N(C)C)C(C)(C)C)c1ccc(-c2cnc3nnc(C4(c5ccc6ncccc6c5)CC4)n3n2)cc1. The monoisotopic (exact) mass is 546 g/mol. The molecule has 2 aromatic carbocycles. The molecule has 1 N–H and O–H groups in total. The zero-order valence-corrected chi connectivity index (χ0v) is 24.1. The van der Waals surface area contributed by atoms with E-state index in [1.165, 1.54) is 5.56 Å². The minimum Gasteiger partial charge on any atom is -0.373 e. The van der Waals surface area contributed by atoms with E-state index in [1.54, 1.807) is 29.7 Å². The molecule has 1 aliphatic carbocycles. The smallest absolute Gasteiger partial charge is 0.271 e. The Morgan fingerprint density at radius 1 is 1.05 bits per heavy atom. The van der Waals surface area contributed by atoms with Crippen molar-refractivity contribution in [3.05, 3.63) is 90.5 Å². The molecule has 5 aromatic rings. The minimum atomic E-state index is -0.404. The second-order valence-electron chi connectivity index (χ2n) is 12.1. The number of likely N-dealkylation sites (N-methyl/N-ethyl adjacent to an activating group) is 1. The second kappa shape index (κ2) is 9.76. The van der Waals surface area contributed by atoms with E-state index < -0.39 is 6.04 Å². The van der Waals surface area contributed by atoms with Gasteiger partial charge in [0.1, 0.15) is 11.7 Å². The maximum absolute atomic E-state index is 12.8. The molecule has 41 heavy (non-hydrogen) atoms. The van der Waals surface area contributed by atoms with Gasteiger partial charge < -0.3 is 10.2 Å². The Bertz CT molecular complexity index is 1780. The average Bonchev–Trinajstić information content (AvgIpc) is 3.66. The van der Waals surface area contributed by atoms with Crippen molar-refractivity contribution in [1.82, 2.24) is 40.0 Å². The number of hydrogen-bond acceptors (Lipinski definition) is 7. The van der Waals surface area contributed by atoms with Crippen LogP contribution in [0.5, 0.6) is 0 Å². The summed E-state index contributed by atoms with van der Waals surface area (Å²) in [7, 11) is 3.54. The maximum atomic E-state index is 12.8. The van der Waals surface area contributed by atoms with E-state index in [4.69, 9.17) is 5.10 Å². The van der Waals surface area contributed by atoms with Gasteiger partial charge in [0.2, 0.25) is 5.91 Å². The lowest BCUT2D eigenvalue weighted by molar-refractivity contribution is -0.133. The predicted octanol–water partition coefficient (Wildman–Crippen LogP) is 4.88. The molecular formula is C32H34N8O. The summed E-state index contributed by atoms with van der Waals surface area (Å²) < 4.78 is 1.78. The van der Waals surface area contributed by atoms with Gasteiger partial charge in [-0.3, -0.25) is 9.78 Å². The van der Waals surface area contributed by atoms with Crippen molar-refractivity contribution in [1.29, 1.82) is 0 Å². The molecule has 0 spiro atoms. The van der Waals surface area contributed by atoms with Crippen LogP contribution in [-0.2, 0) is 10.2 Å². The summed E-state index contributed by atoms with van der Waals surface area (Å²) in [6.07, 6.45) is 5.48. The summed E-state index contributed by atoms with van der Waals surface area (Å²) in [5.74, 6) is 1.29. The number of carbonyl (C=O) groups excluding carboxylic acids is 1. The normalized spacial score (nSPS) is 15.0. The van der Waals surface area contributed by atoms with Crippen molar-refractivity contribution in [3.8, 4) is 11.3 Å². The van der Waals surface area contributed by atoms with Crippen molar-refractivity contribution >= 4 is 28.3 Å². The van der Waals surface area contributed by atoms with Gasteiger partial charge in [0.15, 0.2) is 5.82 Å². The average molecular weight is 547 g/mol. The van der Waals surface area contributed by atoms with Crippen LogP contribution in [0.2, 0.25) is 0 Å². The van der Waals surface area contributed by atoms with Crippen LogP contribution in [0.4, 0.5) is 0 Å². The molecule has 1 fully saturated rings. The lowest BCUT2D eigenvalue weighted by atomic mass is 9.85. The molecule has 0 aliphatic heterocycles. The predicted molar refractivity (Wildman–Crippen MR) is 160 cm³/mol. The summed E-state index contributed by atoms with van der Waals surface area (Å²) in [4.78, 5) is 23.5. The highest BCUT2D eigenvalue weighted by Gasteiger charge is 2.50. The van der Waals surface area contributed by atoms with Gasteiger partial charge in [-0.05, 0) is 47.6 Å². The highest BCUT2D eigenvalue weighted by atomic mass is 16.2. The molecular weight excluding hydrogens is 512 g/mol.